The lowest BCUT2D eigenvalue weighted by Gasteiger charge is -2.29. The topological polar surface area (TPSA) is 161 Å². The predicted molar refractivity (Wildman–Crippen MR) is 294 cm³/mol. The van der Waals surface area contributed by atoms with E-state index in [1.807, 2.05) is 47.0 Å². The molecule has 18 aromatic rings. The van der Waals surface area contributed by atoms with Gasteiger partial charge in [-0.25, -0.2) is 0 Å². The summed E-state index contributed by atoms with van der Waals surface area (Å²) in [5.74, 6) is 0. The molecule has 0 saturated heterocycles. The standard InChI is InChI=1S/C58H23Cl2N5O8/c1-61-51(66)19-10-17-31-41-29(19)21(53(61)68)12-25(59)37(41)38-26(60)13-22-35-43(38)45(31)47-34(49(35)57(72)63(3)54(22)69)18-11-20-30-23(55(70)62(2)52(20)67)14-27-39-40-28(65(27)16-8-6-5-7-9-16)15-24-36-44(40)46(32(18)42(30)39)48(47)33(17)50(36)58(73)64(4)56(24)71/h5-15H,1-4H3. The quantitative estimate of drug-likeness (QED) is 0.116. The van der Waals surface area contributed by atoms with E-state index in [2.05, 4.69) is 0 Å². The molecule has 5 heterocycles. The summed E-state index contributed by atoms with van der Waals surface area (Å²) < 4.78 is 6.30. The second-order valence-electron chi connectivity index (χ2n) is 20.2. The smallest absolute Gasteiger partial charge is 0.261 e. The minimum Gasteiger partial charge on any atom is -0.309 e. The maximum absolute atomic E-state index is 15.6. The molecule has 18 rings (SSSR count). The zero-order valence-corrected chi connectivity index (χ0v) is 39.6. The zero-order chi connectivity index (χ0) is 49.5. The molecule has 0 atom stereocenters. The van der Waals surface area contributed by atoms with E-state index in [0.29, 0.717) is 130 Å². The fraction of sp³-hybridized carbons (Fsp3) is 0.0690. The van der Waals surface area contributed by atoms with Crippen molar-refractivity contribution in [2.75, 3.05) is 0 Å². The average Bonchev–Trinajstić information content (AvgIpc) is 3.77. The summed E-state index contributed by atoms with van der Waals surface area (Å²) in [5.41, 5.74) is -2.63. The van der Waals surface area contributed by atoms with Crippen molar-refractivity contribution in [2.45, 2.75) is 0 Å². The van der Waals surface area contributed by atoms with Gasteiger partial charge in [-0.05, 0) is 70.1 Å². The maximum atomic E-state index is 15.6. The van der Waals surface area contributed by atoms with Crippen molar-refractivity contribution in [1.82, 2.24) is 22.8 Å². The number of nitrogens with zero attached hydrogens (tertiary/aromatic N) is 5. The molecule has 0 aliphatic rings. The fourth-order valence-electron chi connectivity index (χ4n) is 14.6. The van der Waals surface area contributed by atoms with Crippen LogP contribution >= 0.6 is 23.2 Å². The van der Waals surface area contributed by atoms with Crippen molar-refractivity contribution < 1.29 is 0 Å². The number of hydrogen-bond donors (Lipinski definition) is 0. The van der Waals surface area contributed by atoms with Crippen LogP contribution in [0.25, 0.3) is 178 Å². The van der Waals surface area contributed by atoms with E-state index in [0.717, 1.165) is 24.0 Å². The van der Waals surface area contributed by atoms with E-state index < -0.39 is 44.5 Å². The van der Waals surface area contributed by atoms with Crippen LogP contribution in [-0.4, -0.2) is 22.8 Å². The zero-order valence-electron chi connectivity index (χ0n) is 38.1. The van der Waals surface area contributed by atoms with Gasteiger partial charge in [0, 0.05) is 152 Å². The Morgan fingerprint density at radius 1 is 0.274 bits per heavy atom. The molecule has 0 N–H and O–H groups in total. The van der Waals surface area contributed by atoms with Gasteiger partial charge in [0.2, 0.25) is 0 Å². The monoisotopic (exact) mass is 987 g/mol. The van der Waals surface area contributed by atoms with Gasteiger partial charge in [-0.2, -0.15) is 0 Å². The first-order valence-electron chi connectivity index (χ1n) is 23.4. The third-order valence-corrected chi connectivity index (χ3v) is 18.0. The van der Waals surface area contributed by atoms with Crippen LogP contribution in [0.3, 0.4) is 0 Å². The van der Waals surface area contributed by atoms with Crippen molar-refractivity contribution in [2.24, 2.45) is 28.2 Å². The molecule has 15 heteroatoms. The van der Waals surface area contributed by atoms with E-state index in [1.165, 1.54) is 40.3 Å². The molecular formula is C58H23Cl2N5O8. The van der Waals surface area contributed by atoms with Gasteiger partial charge >= 0.3 is 0 Å². The van der Waals surface area contributed by atoms with Crippen molar-refractivity contribution in [3.63, 3.8) is 0 Å². The van der Waals surface area contributed by atoms with Gasteiger partial charge < -0.3 is 4.57 Å². The van der Waals surface area contributed by atoms with Gasteiger partial charge in [-0.15, -0.1) is 0 Å². The fourth-order valence-corrected chi connectivity index (χ4v) is 15.2. The SMILES string of the molecule is Cn1c(=O)c2cc(Cl)c3c4c(Cl)cc5c(=O)n(C)c(=O)c6c5c4c4c5c(cc(c1=O)c2c35)c1c2c(=O)n(C)c(=O)c3cc5c7c(c32)c2c3c(cc8c(=O)n(C)c(=O)c9cc(c7c3c89)n5-c3ccccc3)c6c4c12. The number of para-hydroxylation sites is 1. The molecule has 0 amide bonds. The number of benzene rings is 13. The van der Waals surface area contributed by atoms with Gasteiger partial charge in [0.25, 0.3) is 44.5 Å². The van der Waals surface area contributed by atoms with Gasteiger partial charge in [0.05, 0.1) is 43.4 Å². The van der Waals surface area contributed by atoms with E-state index >= 15 is 14.4 Å². The normalized spacial score (nSPS) is 13.5. The predicted octanol–water partition coefficient (Wildman–Crippen LogP) is 8.85. The van der Waals surface area contributed by atoms with Crippen molar-refractivity contribution in [3.05, 3.63) is 160 Å². The molecule has 0 unspecified atom stereocenters. The lowest BCUT2D eigenvalue weighted by molar-refractivity contribution is 0.841. The second kappa shape index (κ2) is 11.3. The van der Waals surface area contributed by atoms with Crippen LogP contribution in [0.5, 0.6) is 0 Å². The maximum Gasteiger partial charge on any atom is 0.261 e. The van der Waals surface area contributed by atoms with E-state index in [4.69, 9.17) is 23.2 Å². The summed E-state index contributed by atoms with van der Waals surface area (Å²) in [5, 5.41) is 12.5. The summed E-state index contributed by atoms with van der Waals surface area (Å²) in [6, 6.07) is 19.7. The van der Waals surface area contributed by atoms with Crippen molar-refractivity contribution >= 4 is 196 Å². The molecule has 73 heavy (non-hydrogen) atoms. The molecule has 0 spiro atoms. The van der Waals surface area contributed by atoms with E-state index in [9.17, 15) is 24.0 Å². The number of rotatable bonds is 1. The molecule has 0 aliphatic heterocycles. The Hall–Kier alpha value is -9.04. The number of halogens is 2. The highest BCUT2D eigenvalue weighted by molar-refractivity contribution is 6.64. The van der Waals surface area contributed by atoms with Crippen LogP contribution in [-0.2, 0) is 28.2 Å². The highest BCUT2D eigenvalue weighted by Crippen LogP contribution is 2.62. The third-order valence-electron chi connectivity index (χ3n) is 17.4. The number of hydrogen-bond acceptors (Lipinski definition) is 8. The Bertz CT molecular complexity index is 6300. The van der Waals surface area contributed by atoms with Crippen LogP contribution in [0.15, 0.2) is 105 Å². The van der Waals surface area contributed by atoms with Gasteiger partial charge in [0.15, 0.2) is 0 Å². The van der Waals surface area contributed by atoms with Crippen LogP contribution < -0.4 is 44.5 Å². The molecule has 0 fully saturated rings. The average molecular weight is 989 g/mol. The number of pyridine rings is 4. The van der Waals surface area contributed by atoms with Crippen LogP contribution in [0.4, 0.5) is 0 Å². The summed E-state index contributed by atoms with van der Waals surface area (Å²) in [7, 11) is 5.70. The van der Waals surface area contributed by atoms with Crippen LogP contribution in [0.2, 0.25) is 10.0 Å². The Morgan fingerprint density at radius 2 is 0.562 bits per heavy atom. The molecule has 342 valence electrons. The lowest BCUT2D eigenvalue weighted by atomic mass is 9.73. The summed E-state index contributed by atoms with van der Waals surface area (Å²) in [4.78, 5) is 119. The molecule has 13 nitrogen and oxygen atoms in total. The van der Waals surface area contributed by atoms with E-state index in [-0.39, 0.29) is 53.1 Å². The first-order valence-corrected chi connectivity index (χ1v) is 24.1. The molecule has 5 aromatic heterocycles. The van der Waals surface area contributed by atoms with Gasteiger partial charge in [-0.1, -0.05) is 41.4 Å². The highest BCUT2D eigenvalue weighted by Gasteiger charge is 2.38. The minimum atomic E-state index is -0.626. The van der Waals surface area contributed by atoms with E-state index in [1.54, 1.807) is 12.1 Å². The number of fused-ring (bicyclic) bond motifs is 5. The molecule has 0 bridgehead atoms. The van der Waals surface area contributed by atoms with Gasteiger partial charge in [0.1, 0.15) is 0 Å². The Balaban J connectivity index is 1.36. The lowest BCUT2D eigenvalue weighted by Crippen LogP contribution is -2.31. The Morgan fingerprint density at radius 3 is 1.00 bits per heavy atom. The minimum absolute atomic E-state index is 0.126. The molecular weight excluding hydrogens is 966 g/mol. The second-order valence-corrected chi connectivity index (χ2v) is 21.1. The van der Waals surface area contributed by atoms with Crippen LogP contribution in [0.1, 0.15) is 0 Å². The van der Waals surface area contributed by atoms with Crippen molar-refractivity contribution in [1.29, 1.82) is 0 Å². The Labute approximate surface area is 410 Å². The summed E-state index contributed by atoms with van der Waals surface area (Å²) >= 11 is 14.9. The first-order chi connectivity index (χ1) is 35.1. The first kappa shape index (κ1) is 38.7. The van der Waals surface area contributed by atoms with Crippen LogP contribution in [0, 0.1) is 0 Å². The molecule has 0 aliphatic carbocycles. The Kier molecular flexibility index (Phi) is 6.01. The van der Waals surface area contributed by atoms with Crippen molar-refractivity contribution in [3.8, 4) is 5.69 Å². The van der Waals surface area contributed by atoms with Gasteiger partial charge in [-0.3, -0.25) is 56.6 Å². The largest absolute Gasteiger partial charge is 0.309 e. The molecule has 0 radical (unpaired) electrons. The highest BCUT2D eigenvalue weighted by atomic mass is 35.5. The summed E-state index contributed by atoms with van der Waals surface area (Å²) in [6.07, 6.45) is 0. The molecule has 13 aromatic carbocycles. The third kappa shape index (κ3) is 3.60. The summed E-state index contributed by atoms with van der Waals surface area (Å²) in [6.45, 7) is 0. The number of aromatic nitrogens is 5. The molecule has 0 saturated carbocycles.